The summed E-state index contributed by atoms with van der Waals surface area (Å²) in [6.45, 7) is 8.84. The van der Waals surface area contributed by atoms with Gasteiger partial charge in [0.2, 0.25) is 5.91 Å². The third-order valence-corrected chi connectivity index (χ3v) is 7.00. The number of aliphatic carboxylic acids is 1. The Kier molecular flexibility index (Phi) is 8.84. The predicted molar refractivity (Wildman–Crippen MR) is 130 cm³/mol. The number of benzene rings is 2. The van der Waals surface area contributed by atoms with Crippen LogP contribution in [0.4, 0.5) is 11.4 Å². The average Bonchev–Trinajstić information content (AvgIpc) is 3.23. The first-order valence-electron chi connectivity index (χ1n) is 11.0. The lowest BCUT2D eigenvalue weighted by Gasteiger charge is -2.33. The van der Waals surface area contributed by atoms with E-state index in [2.05, 4.69) is 65.4 Å². The van der Waals surface area contributed by atoms with Gasteiger partial charge in [-0.2, -0.15) is 0 Å². The minimum atomic E-state index is -0.944. The zero-order chi connectivity index (χ0) is 23.1. The number of rotatable bonds is 7. The van der Waals surface area contributed by atoms with Crippen molar-refractivity contribution in [3.8, 4) is 0 Å². The highest BCUT2D eigenvalue weighted by Gasteiger charge is 2.26. The Labute approximate surface area is 198 Å². The average molecular weight is 476 g/mol. The van der Waals surface area contributed by atoms with Gasteiger partial charge < -0.3 is 20.2 Å². The molecule has 0 aromatic heterocycles. The van der Waals surface area contributed by atoms with Crippen LogP contribution in [0.1, 0.15) is 33.1 Å². The fourth-order valence-corrected chi connectivity index (χ4v) is 5.08. The minimum Gasteiger partial charge on any atom is -0.480 e. The van der Waals surface area contributed by atoms with E-state index in [1.807, 2.05) is 17.8 Å². The number of anilines is 2. The zero-order valence-corrected chi connectivity index (χ0v) is 20.1. The molecule has 172 valence electrons. The molecule has 0 aliphatic carbocycles. The Morgan fingerprint density at radius 3 is 2.53 bits per heavy atom. The molecule has 4 rings (SSSR count). The molecular formula is C24H30ClN3O3S. The Balaban J connectivity index is 0.000000269. The first-order chi connectivity index (χ1) is 15.4. The van der Waals surface area contributed by atoms with E-state index >= 15 is 0 Å². The monoisotopic (exact) mass is 475 g/mol. The van der Waals surface area contributed by atoms with Crippen molar-refractivity contribution in [2.45, 2.75) is 48.9 Å². The van der Waals surface area contributed by atoms with Crippen LogP contribution in [0.2, 0.25) is 5.02 Å². The highest BCUT2D eigenvalue weighted by atomic mass is 35.5. The molecule has 1 atom stereocenters. The van der Waals surface area contributed by atoms with E-state index in [0.717, 1.165) is 37.6 Å². The maximum atomic E-state index is 10.4. The smallest absolute Gasteiger partial charge is 0.326 e. The molecule has 6 nitrogen and oxygen atoms in total. The number of hydrogen-bond acceptors (Lipinski definition) is 5. The van der Waals surface area contributed by atoms with E-state index in [4.69, 9.17) is 16.7 Å². The number of carboxylic acids is 1. The molecule has 2 heterocycles. The number of nitrogens with one attached hydrogen (secondary N) is 1. The summed E-state index contributed by atoms with van der Waals surface area (Å²) in [5.41, 5.74) is 2.53. The molecule has 2 aliphatic heterocycles. The Morgan fingerprint density at radius 2 is 1.91 bits per heavy atom. The first kappa shape index (κ1) is 24.4. The normalized spacial score (nSPS) is 16.7. The lowest BCUT2D eigenvalue weighted by molar-refractivity contribution is -0.140. The number of nitrogens with zero attached hydrogens (tertiary/aromatic N) is 2. The van der Waals surface area contributed by atoms with Gasteiger partial charge in [0.25, 0.3) is 0 Å². The van der Waals surface area contributed by atoms with Gasteiger partial charge in [-0.3, -0.25) is 4.79 Å². The number of halogens is 1. The molecule has 2 aromatic carbocycles. The summed E-state index contributed by atoms with van der Waals surface area (Å²) >= 11 is 8.09. The molecule has 0 unspecified atom stereocenters. The van der Waals surface area contributed by atoms with E-state index in [0.29, 0.717) is 12.8 Å². The number of carboxylic acid groups (broad SMARTS) is 1. The van der Waals surface area contributed by atoms with Crippen molar-refractivity contribution in [3.63, 3.8) is 0 Å². The molecule has 1 saturated heterocycles. The molecule has 0 saturated carbocycles. The Morgan fingerprint density at radius 1 is 1.19 bits per heavy atom. The van der Waals surface area contributed by atoms with Gasteiger partial charge in [-0.1, -0.05) is 49.3 Å². The molecule has 0 radical (unpaired) electrons. The van der Waals surface area contributed by atoms with Gasteiger partial charge in [0, 0.05) is 27.8 Å². The van der Waals surface area contributed by atoms with E-state index in [9.17, 15) is 9.59 Å². The van der Waals surface area contributed by atoms with Crippen LogP contribution in [0.5, 0.6) is 0 Å². The summed E-state index contributed by atoms with van der Waals surface area (Å²) in [6.07, 6.45) is 1.91. The van der Waals surface area contributed by atoms with Gasteiger partial charge in [-0.05, 0) is 62.8 Å². The lowest BCUT2D eigenvalue weighted by atomic mass is 10.2. The molecule has 8 heteroatoms. The molecule has 0 bridgehead atoms. The maximum Gasteiger partial charge on any atom is 0.326 e. The highest BCUT2D eigenvalue weighted by Crippen LogP contribution is 2.48. The molecular weight excluding hydrogens is 446 g/mol. The lowest BCUT2D eigenvalue weighted by Crippen LogP contribution is -2.32. The van der Waals surface area contributed by atoms with Gasteiger partial charge in [0.05, 0.1) is 11.4 Å². The fraction of sp³-hybridized carbons (Fsp3) is 0.417. The van der Waals surface area contributed by atoms with Crippen LogP contribution < -0.4 is 10.2 Å². The topological polar surface area (TPSA) is 72.9 Å². The van der Waals surface area contributed by atoms with Crippen molar-refractivity contribution in [1.29, 1.82) is 0 Å². The molecule has 1 amide bonds. The maximum absolute atomic E-state index is 10.4. The van der Waals surface area contributed by atoms with Crippen molar-refractivity contribution in [1.82, 2.24) is 10.2 Å². The predicted octanol–water partition coefficient (Wildman–Crippen LogP) is 5.02. The van der Waals surface area contributed by atoms with Crippen LogP contribution in [-0.4, -0.2) is 54.1 Å². The number of carbonyl (C=O) groups is 2. The van der Waals surface area contributed by atoms with Gasteiger partial charge in [0.1, 0.15) is 6.04 Å². The number of amides is 1. The number of carbonyl (C=O) groups excluding carboxylic acids is 1. The van der Waals surface area contributed by atoms with Crippen LogP contribution in [-0.2, 0) is 9.59 Å². The van der Waals surface area contributed by atoms with Crippen molar-refractivity contribution in [2.75, 3.05) is 31.1 Å². The van der Waals surface area contributed by atoms with Gasteiger partial charge in [0.15, 0.2) is 0 Å². The van der Waals surface area contributed by atoms with E-state index in [-0.39, 0.29) is 5.91 Å². The summed E-state index contributed by atoms with van der Waals surface area (Å²) in [4.78, 5) is 28.0. The van der Waals surface area contributed by atoms with E-state index < -0.39 is 12.0 Å². The first-order valence-corrected chi connectivity index (χ1v) is 12.2. The number of hydrogen-bond donors (Lipinski definition) is 2. The minimum absolute atomic E-state index is 0.164. The quantitative estimate of drug-likeness (QED) is 0.585. The van der Waals surface area contributed by atoms with Crippen molar-refractivity contribution < 1.29 is 14.7 Å². The highest BCUT2D eigenvalue weighted by molar-refractivity contribution is 7.99. The molecule has 2 aromatic rings. The summed E-state index contributed by atoms with van der Waals surface area (Å²) < 4.78 is 0. The van der Waals surface area contributed by atoms with Crippen LogP contribution >= 0.6 is 23.4 Å². The van der Waals surface area contributed by atoms with Crippen LogP contribution in [0.3, 0.4) is 0 Å². The third kappa shape index (κ3) is 6.18. The van der Waals surface area contributed by atoms with Crippen LogP contribution in [0.25, 0.3) is 0 Å². The van der Waals surface area contributed by atoms with Crippen molar-refractivity contribution in [2.24, 2.45) is 0 Å². The molecule has 2 N–H and O–H groups in total. The van der Waals surface area contributed by atoms with Gasteiger partial charge in [-0.25, -0.2) is 4.79 Å². The summed E-state index contributed by atoms with van der Waals surface area (Å²) in [6, 6.07) is 14.2. The second-order valence-corrected chi connectivity index (χ2v) is 9.23. The summed E-state index contributed by atoms with van der Waals surface area (Å²) in [5, 5.41) is 11.4. The third-order valence-electron chi connectivity index (χ3n) is 5.63. The van der Waals surface area contributed by atoms with Crippen LogP contribution in [0.15, 0.2) is 52.3 Å². The zero-order valence-electron chi connectivity index (χ0n) is 18.5. The molecule has 1 fully saturated rings. The number of fused-ring (bicyclic) bond motifs is 2. The standard InChI is InChI=1S/C19H23ClN2S.C5H7NO3/c1-3-21(4-2)12-7-13-22-16-8-5-6-9-18(16)23-19-11-10-15(20)14-17(19)22;7-4-2-1-3(6-4)5(8)9/h5-6,8-11,14H,3-4,7,12-13H2,1-2H3;3H,1-2H2,(H,6,7)(H,8,9)/t;3-/m.0/s1. The van der Waals surface area contributed by atoms with Crippen molar-refractivity contribution >= 4 is 46.6 Å². The summed E-state index contributed by atoms with van der Waals surface area (Å²) in [5.74, 6) is -1.11. The number of para-hydroxylation sites is 1. The Hall–Kier alpha value is -2.22. The summed E-state index contributed by atoms with van der Waals surface area (Å²) in [7, 11) is 0. The van der Waals surface area contributed by atoms with Gasteiger partial charge in [-0.15, -0.1) is 0 Å². The fourth-order valence-electron chi connectivity index (χ4n) is 3.83. The molecule has 0 spiro atoms. The van der Waals surface area contributed by atoms with Crippen molar-refractivity contribution in [3.05, 3.63) is 47.5 Å². The SMILES string of the molecule is CCN(CC)CCCN1c2ccccc2Sc2ccc(Cl)cc21.O=C1CC[C@@H](C(=O)O)N1. The second kappa shape index (κ2) is 11.6. The van der Waals surface area contributed by atoms with Gasteiger partial charge >= 0.3 is 5.97 Å². The van der Waals surface area contributed by atoms with Crippen LogP contribution in [0, 0.1) is 0 Å². The largest absolute Gasteiger partial charge is 0.480 e. The van der Waals surface area contributed by atoms with E-state index in [1.54, 1.807) is 0 Å². The van der Waals surface area contributed by atoms with E-state index in [1.165, 1.54) is 21.2 Å². The molecule has 32 heavy (non-hydrogen) atoms. The Bertz CT molecular complexity index is 952. The second-order valence-electron chi connectivity index (χ2n) is 7.71. The molecule has 2 aliphatic rings.